The molecule has 0 unspecified atom stereocenters. The first kappa shape index (κ1) is 18.7. The second-order valence-electron chi connectivity index (χ2n) is 6.29. The van der Waals surface area contributed by atoms with Crippen molar-refractivity contribution >= 4 is 15.9 Å². The second kappa shape index (κ2) is 7.43. The van der Waals surface area contributed by atoms with Crippen molar-refractivity contribution in [3.05, 3.63) is 53.9 Å². The van der Waals surface area contributed by atoms with Gasteiger partial charge in [0.25, 0.3) is 5.89 Å². The SMILES string of the molecule is N#Cc1ccc(S(=O)(=O)N2CCN(c3oc(-c4ccco4)nc3C#N)CC2)cc1. The van der Waals surface area contributed by atoms with Gasteiger partial charge in [-0.15, -0.1) is 0 Å². The number of nitrogens with zero attached hydrogens (tertiary/aromatic N) is 5. The van der Waals surface area contributed by atoms with Crippen molar-refractivity contribution in [2.24, 2.45) is 0 Å². The number of furan rings is 1. The van der Waals surface area contributed by atoms with Crippen LogP contribution in [0.2, 0.25) is 0 Å². The Morgan fingerprint density at radius 2 is 1.72 bits per heavy atom. The largest absolute Gasteiger partial charge is 0.459 e. The maximum Gasteiger partial charge on any atom is 0.266 e. The van der Waals surface area contributed by atoms with Gasteiger partial charge >= 0.3 is 0 Å². The lowest BCUT2D eigenvalue weighted by Gasteiger charge is -2.33. The maximum atomic E-state index is 12.8. The molecule has 3 aromatic rings. The molecular weight excluding hydrogens is 394 g/mol. The zero-order valence-electron chi connectivity index (χ0n) is 15.1. The van der Waals surface area contributed by atoms with Crippen LogP contribution >= 0.6 is 0 Å². The Morgan fingerprint density at radius 3 is 2.31 bits per heavy atom. The molecule has 0 spiro atoms. The van der Waals surface area contributed by atoms with E-state index in [-0.39, 0.29) is 29.6 Å². The molecule has 4 rings (SSSR count). The van der Waals surface area contributed by atoms with Crippen LogP contribution in [0.25, 0.3) is 11.7 Å². The van der Waals surface area contributed by atoms with Crippen LogP contribution in [-0.2, 0) is 10.0 Å². The van der Waals surface area contributed by atoms with Gasteiger partial charge in [0.05, 0.1) is 22.8 Å². The summed E-state index contributed by atoms with van der Waals surface area (Å²) in [6.45, 7) is 1.14. The molecular formula is C19H15N5O4S. The molecule has 1 aliphatic heterocycles. The van der Waals surface area contributed by atoms with E-state index in [2.05, 4.69) is 4.98 Å². The molecule has 0 bridgehead atoms. The quantitative estimate of drug-likeness (QED) is 0.641. The van der Waals surface area contributed by atoms with E-state index >= 15 is 0 Å². The number of sulfonamides is 1. The Kier molecular flexibility index (Phi) is 4.80. The monoisotopic (exact) mass is 409 g/mol. The van der Waals surface area contributed by atoms with Gasteiger partial charge in [0.2, 0.25) is 21.6 Å². The Morgan fingerprint density at radius 1 is 1.00 bits per heavy atom. The minimum absolute atomic E-state index is 0.125. The summed E-state index contributed by atoms with van der Waals surface area (Å²) in [6, 6.07) is 13.2. The van der Waals surface area contributed by atoms with Crippen molar-refractivity contribution in [2.75, 3.05) is 31.1 Å². The van der Waals surface area contributed by atoms with Gasteiger partial charge in [-0.1, -0.05) is 0 Å². The van der Waals surface area contributed by atoms with E-state index in [1.807, 2.05) is 12.1 Å². The first-order valence-electron chi connectivity index (χ1n) is 8.73. The molecule has 1 saturated heterocycles. The second-order valence-corrected chi connectivity index (χ2v) is 8.23. The lowest BCUT2D eigenvalue weighted by atomic mass is 10.2. The van der Waals surface area contributed by atoms with Crippen molar-refractivity contribution < 1.29 is 17.3 Å². The molecule has 3 heterocycles. The van der Waals surface area contributed by atoms with Gasteiger partial charge in [-0.3, -0.25) is 0 Å². The van der Waals surface area contributed by atoms with Crippen molar-refractivity contribution in [3.63, 3.8) is 0 Å². The molecule has 0 N–H and O–H groups in total. The topological polar surface area (TPSA) is 127 Å². The molecule has 10 heteroatoms. The average Bonchev–Trinajstić information content (AvgIpc) is 3.43. The highest BCUT2D eigenvalue weighted by Crippen LogP contribution is 2.29. The number of piperazine rings is 1. The number of rotatable bonds is 4. The predicted molar refractivity (Wildman–Crippen MR) is 101 cm³/mol. The van der Waals surface area contributed by atoms with Gasteiger partial charge < -0.3 is 13.7 Å². The Hall–Kier alpha value is -3.60. The van der Waals surface area contributed by atoms with Crippen LogP contribution in [0.15, 0.2) is 56.4 Å². The molecule has 146 valence electrons. The smallest absolute Gasteiger partial charge is 0.266 e. The van der Waals surface area contributed by atoms with Crippen molar-refractivity contribution in [1.29, 1.82) is 10.5 Å². The standard InChI is InChI=1S/C19H15N5O4S/c20-12-14-3-5-15(6-4-14)29(25,26)24-9-7-23(8-10-24)19-16(13-21)22-18(28-19)17-2-1-11-27-17/h1-6,11H,7-10H2. The molecule has 9 nitrogen and oxygen atoms in total. The molecule has 0 saturated carbocycles. The predicted octanol–water partition coefficient (Wildman–Crippen LogP) is 2.19. The molecule has 1 aliphatic rings. The van der Waals surface area contributed by atoms with Gasteiger partial charge in [-0.25, -0.2) is 8.42 Å². The van der Waals surface area contributed by atoms with Crippen LogP contribution in [0.1, 0.15) is 11.3 Å². The minimum atomic E-state index is -3.67. The molecule has 0 atom stereocenters. The fraction of sp³-hybridized carbons (Fsp3) is 0.211. The van der Waals surface area contributed by atoms with Crippen LogP contribution in [0.5, 0.6) is 0 Å². The fourth-order valence-electron chi connectivity index (χ4n) is 3.09. The fourth-order valence-corrected chi connectivity index (χ4v) is 4.51. The third-order valence-corrected chi connectivity index (χ3v) is 6.51. The summed E-state index contributed by atoms with van der Waals surface area (Å²) in [5.74, 6) is 0.915. The van der Waals surface area contributed by atoms with Gasteiger partial charge in [0, 0.05) is 26.2 Å². The van der Waals surface area contributed by atoms with Gasteiger partial charge in [-0.05, 0) is 36.4 Å². The van der Waals surface area contributed by atoms with Crippen molar-refractivity contribution in [3.8, 4) is 23.8 Å². The summed E-state index contributed by atoms with van der Waals surface area (Å²) in [4.78, 5) is 6.09. The molecule has 1 fully saturated rings. The number of oxazole rings is 1. The molecule has 1 aromatic carbocycles. The number of nitriles is 2. The zero-order chi connectivity index (χ0) is 20.4. The molecule has 0 radical (unpaired) electrons. The van der Waals surface area contributed by atoms with Crippen LogP contribution < -0.4 is 4.90 Å². The summed E-state index contributed by atoms with van der Waals surface area (Å²) < 4.78 is 38.0. The van der Waals surface area contributed by atoms with Crippen LogP contribution in [-0.4, -0.2) is 43.9 Å². The van der Waals surface area contributed by atoms with Crippen LogP contribution in [0.3, 0.4) is 0 Å². The highest BCUT2D eigenvalue weighted by molar-refractivity contribution is 7.89. The summed E-state index contributed by atoms with van der Waals surface area (Å²) in [5, 5.41) is 18.2. The van der Waals surface area contributed by atoms with E-state index < -0.39 is 10.0 Å². The summed E-state index contributed by atoms with van der Waals surface area (Å²) >= 11 is 0. The maximum absolute atomic E-state index is 12.8. The van der Waals surface area contributed by atoms with Crippen LogP contribution in [0, 0.1) is 22.7 Å². The van der Waals surface area contributed by atoms with E-state index in [1.54, 1.807) is 17.0 Å². The minimum Gasteiger partial charge on any atom is -0.459 e. The first-order valence-corrected chi connectivity index (χ1v) is 10.2. The lowest BCUT2D eigenvalue weighted by molar-refractivity contribution is 0.374. The van der Waals surface area contributed by atoms with E-state index in [9.17, 15) is 13.7 Å². The summed E-state index contributed by atoms with van der Waals surface area (Å²) in [6.07, 6.45) is 1.48. The number of anilines is 1. The van der Waals surface area contributed by atoms with E-state index in [4.69, 9.17) is 14.1 Å². The molecule has 0 amide bonds. The van der Waals surface area contributed by atoms with Gasteiger partial charge in [0.1, 0.15) is 6.07 Å². The molecule has 29 heavy (non-hydrogen) atoms. The average molecular weight is 409 g/mol. The Labute approximate surface area is 167 Å². The van der Waals surface area contributed by atoms with E-state index in [0.717, 1.165) is 0 Å². The van der Waals surface area contributed by atoms with Crippen molar-refractivity contribution in [1.82, 2.24) is 9.29 Å². The summed E-state index contributed by atoms with van der Waals surface area (Å²) in [7, 11) is -3.67. The number of aromatic nitrogens is 1. The lowest BCUT2D eigenvalue weighted by Crippen LogP contribution is -2.48. The first-order chi connectivity index (χ1) is 14.0. The number of hydrogen-bond acceptors (Lipinski definition) is 8. The summed E-state index contributed by atoms with van der Waals surface area (Å²) in [5.41, 5.74) is 0.523. The Bertz CT molecular complexity index is 1190. The molecule has 2 aromatic heterocycles. The third kappa shape index (κ3) is 3.47. The molecule has 0 aliphatic carbocycles. The van der Waals surface area contributed by atoms with Crippen molar-refractivity contribution in [2.45, 2.75) is 4.90 Å². The van der Waals surface area contributed by atoms with E-state index in [1.165, 1.54) is 34.8 Å². The zero-order valence-corrected chi connectivity index (χ0v) is 16.0. The van der Waals surface area contributed by atoms with Gasteiger partial charge in [0.15, 0.2) is 5.76 Å². The highest BCUT2D eigenvalue weighted by atomic mass is 32.2. The van der Waals surface area contributed by atoms with E-state index in [0.29, 0.717) is 30.3 Å². The third-order valence-electron chi connectivity index (χ3n) is 4.59. The van der Waals surface area contributed by atoms with Gasteiger partial charge in [-0.2, -0.15) is 19.8 Å². The number of benzene rings is 1. The number of hydrogen-bond donors (Lipinski definition) is 0. The highest BCUT2D eigenvalue weighted by Gasteiger charge is 2.31. The normalized spacial score (nSPS) is 15.0. The van der Waals surface area contributed by atoms with Crippen LogP contribution in [0.4, 0.5) is 5.88 Å². The Balaban J connectivity index is 1.51.